The Morgan fingerprint density at radius 1 is 0.827 bits per heavy atom. The van der Waals surface area contributed by atoms with E-state index in [1.54, 1.807) is 24.0 Å². The minimum atomic E-state index is -0.970. The zero-order valence-electron chi connectivity index (χ0n) is 42.6. The van der Waals surface area contributed by atoms with E-state index in [0.29, 0.717) is 84.5 Å². The highest BCUT2D eigenvalue weighted by Crippen LogP contribution is 2.48. The number of phenolic OH excluding ortho intramolecular Hbond substituents is 1. The summed E-state index contributed by atoms with van der Waals surface area (Å²) in [6, 6.07) is 20.4. The van der Waals surface area contributed by atoms with Gasteiger partial charge >= 0.3 is 6.01 Å². The summed E-state index contributed by atoms with van der Waals surface area (Å²) < 4.78 is 38.8. The quantitative estimate of drug-likeness (QED) is 0.102. The van der Waals surface area contributed by atoms with Crippen LogP contribution in [-0.2, 0) is 22.6 Å². The van der Waals surface area contributed by atoms with E-state index in [1.165, 1.54) is 29.6 Å². The van der Waals surface area contributed by atoms with Crippen molar-refractivity contribution in [2.24, 2.45) is 5.41 Å². The van der Waals surface area contributed by atoms with Crippen molar-refractivity contribution < 1.29 is 38.1 Å². The zero-order chi connectivity index (χ0) is 51.8. The van der Waals surface area contributed by atoms with Gasteiger partial charge in [-0.05, 0) is 153 Å². The van der Waals surface area contributed by atoms with Crippen molar-refractivity contribution in [2.75, 3.05) is 80.2 Å². The number of pyridine rings is 1. The van der Waals surface area contributed by atoms with E-state index in [2.05, 4.69) is 55.3 Å². The Morgan fingerprint density at radius 2 is 1.57 bits per heavy atom. The fraction of sp³-hybridized carbons (Fsp3) is 0.448. The van der Waals surface area contributed by atoms with E-state index in [-0.39, 0.29) is 52.2 Å². The smallest absolute Gasteiger partial charge is 0.319 e. The molecule has 12 rings (SSSR count). The SMILES string of the molecule is CCc1c(F)ccc2cc(O)cc(-c3ncc4c(N5CCC[C@@](C)(O)C5)nc(OCC5(CN6CCC(c7ccc(N8CCN(c9ccc%10c(c9)CN(C9CCC(=O)NC9=O)C%10=O)CC8)cc7)CC6)CC5)nc4c3F)c12. The fourth-order valence-electron chi connectivity index (χ4n) is 12.5. The van der Waals surface area contributed by atoms with E-state index in [4.69, 9.17) is 14.7 Å². The lowest BCUT2D eigenvalue weighted by atomic mass is 9.88. The maximum absolute atomic E-state index is 17.2. The summed E-state index contributed by atoms with van der Waals surface area (Å²) in [5.74, 6) is -1.17. The molecule has 1 unspecified atom stereocenters. The number of carbonyl (C=O) groups excluding carboxylic acids is 3. The van der Waals surface area contributed by atoms with Crippen molar-refractivity contribution in [3.63, 3.8) is 0 Å². The molecule has 6 aliphatic rings. The van der Waals surface area contributed by atoms with Crippen LogP contribution in [0, 0.1) is 17.0 Å². The van der Waals surface area contributed by atoms with Crippen LogP contribution < -0.4 is 24.8 Å². The highest BCUT2D eigenvalue weighted by atomic mass is 19.1. The van der Waals surface area contributed by atoms with Crippen molar-refractivity contribution in [3.05, 3.63) is 107 Å². The van der Waals surface area contributed by atoms with Gasteiger partial charge in [0.05, 0.1) is 17.6 Å². The molecule has 2 aromatic heterocycles. The van der Waals surface area contributed by atoms with Gasteiger partial charge in [0, 0.05) is 92.9 Å². The number of fused-ring (bicyclic) bond motifs is 3. The molecular weight excluding hydrogens is 957 g/mol. The van der Waals surface area contributed by atoms with Gasteiger partial charge < -0.3 is 39.4 Å². The second-order valence-corrected chi connectivity index (χ2v) is 22.2. The van der Waals surface area contributed by atoms with Gasteiger partial charge in [0.15, 0.2) is 5.82 Å². The first-order valence-corrected chi connectivity index (χ1v) is 26.7. The third-order valence-electron chi connectivity index (χ3n) is 16.9. The van der Waals surface area contributed by atoms with Crippen LogP contribution in [0.2, 0.25) is 0 Å². The first-order valence-electron chi connectivity index (χ1n) is 26.7. The number of anilines is 3. The number of aromatic nitrogens is 3. The number of piperazine rings is 1. The number of hydrogen-bond donors (Lipinski definition) is 3. The number of benzene rings is 4. The first kappa shape index (κ1) is 48.9. The van der Waals surface area contributed by atoms with Crippen molar-refractivity contribution in [1.29, 1.82) is 0 Å². The van der Waals surface area contributed by atoms with Crippen LogP contribution in [0.4, 0.5) is 26.0 Å². The third kappa shape index (κ3) is 9.46. The lowest BCUT2D eigenvalue weighted by Gasteiger charge is -2.38. The summed E-state index contributed by atoms with van der Waals surface area (Å²) in [5, 5.41) is 25.7. The average molecular weight is 1020 g/mol. The molecule has 0 spiro atoms. The Labute approximate surface area is 434 Å². The Morgan fingerprint density at radius 3 is 2.29 bits per heavy atom. The summed E-state index contributed by atoms with van der Waals surface area (Å²) in [4.78, 5) is 62.5. The molecule has 4 saturated heterocycles. The van der Waals surface area contributed by atoms with Crippen LogP contribution in [0.5, 0.6) is 11.8 Å². The van der Waals surface area contributed by atoms with Gasteiger partial charge in [0.1, 0.15) is 34.6 Å². The predicted octanol–water partition coefficient (Wildman–Crippen LogP) is 7.87. The van der Waals surface area contributed by atoms with Crippen molar-refractivity contribution in [2.45, 2.75) is 95.7 Å². The lowest BCUT2D eigenvalue weighted by Crippen LogP contribution is -2.52. The number of imide groups is 1. The number of aromatic hydroxyl groups is 1. The molecule has 6 aromatic rings. The number of nitrogens with zero attached hydrogens (tertiary/aromatic N) is 8. The number of rotatable bonds is 12. The summed E-state index contributed by atoms with van der Waals surface area (Å²) in [5.41, 5.74) is 4.77. The zero-order valence-corrected chi connectivity index (χ0v) is 42.6. The van der Waals surface area contributed by atoms with Crippen LogP contribution in [0.3, 0.4) is 0 Å². The molecule has 1 aliphatic carbocycles. The molecule has 2 atom stereocenters. The Balaban J connectivity index is 0.678. The first-order chi connectivity index (χ1) is 36.2. The molecular formula is C58H63F2N9O6. The van der Waals surface area contributed by atoms with E-state index < -0.39 is 29.2 Å². The van der Waals surface area contributed by atoms with Gasteiger partial charge in [-0.1, -0.05) is 25.1 Å². The monoisotopic (exact) mass is 1020 g/mol. The molecule has 75 heavy (non-hydrogen) atoms. The minimum Gasteiger partial charge on any atom is -0.508 e. The summed E-state index contributed by atoms with van der Waals surface area (Å²) in [6.45, 7) is 11.5. The predicted molar refractivity (Wildman–Crippen MR) is 282 cm³/mol. The maximum atomic E-state index is 17.2. The minimum absolute atomic E-state index is 0.00812. The molecule has 17 heteroatoms. The highest BCUT2D eigenvalue weighted by Gasteiger charge is 2.46. The number of amides is 3. The number of hydrogen-bond acceptors (Lipinski definition) is 13. The van der Waals surface area contributed by atoms with Crippen LogP contribution in [-0.4, -0.2) is 130 Å². The van der Waals surface area contributed by atoms with Crippen LogP contribution in [0.15, 0.2) is 72.9 Å². The summed E-state index contributed by atoms with van der Waals surface area (Å²) in [7, 11) is 0. The molecule has 5 fully saturated rings. The number of β-amino-alcohol motifs (C(OH)–C–C–N with tert-alkyl or cyclic N) is 1. The normalized spacial score (nSPS) is 22.3. The topological polar surface area (TPSA) is 168 Å². The van der Waals surface area contributed by atoms with Gasteiger partial charge in [-0.25, -0.2) is 8.78 Å². The van der Waals surface area contributed by atoms with Crippen LogP contribution in [0.25, 0.3) is 32.9 Å². The highest BCUT2D eigenvalue weighted by molar-refractivity contribution is 6.06. The molecule has 3 amide bonds. The third-order valence-corrected chi connectivity index (χ3v) is 16.9. The Kier molecular flexibility index (Phi) is 12.6. The van der Waals surface area contributed by atoms with Gasteiger partial charge in [-0.15, -0.1) is 0 Å². The second-order valence-electron chi connectivity index (χ2n) is 22.2. The lowest BCUT2D eigenvalue weighted by molar-refractivity contribution is -0.136. The summed E-state index contributed by atoms with van der Waals surface area (Å²) in [6.07, 6.45) is 7.93. The second kappa shape index (κ2) is 19.3. The molecule has 4 aromatic carbocycles. The van der Waals surface area contributed by atoms with Gasteiger partial charge in [-0.2, -0.15) is 9.97 Å². The van der Waals surface area contributed by atoms with E-state index >= 15 is 8.78 Å². The number of piperidine rings is 3. The Bertz CT molecular complexity index is 3240. The van der Waals surface area contributed by atoms with E-state index in [0.717, 1.165) is 89.2 Å². The molecule has 3 N–H and O–H groups in total. The standard InChI is InChI=1S/C58H63F2N9O6/c1-3-42-46(59)12-7-37-28-41(70)29-44(49(37)42)51-50(60)52-45(30-61-51)53(68-20-4-17-57(2,74)32-68)64-56(63-52)75-34-58(18-19-58)33-65-21-15-36(16-22-65)35-5-8-39(9-6-35)66-23-25-67(26-24-66)40-10-11-43-38(27-40)31-69(55(43)73)47-13-14-48(71)62-54(47)72/h5-12,27-30,36,47,70,74H,3-4,13-26,31-34H2,1-2H3,(H,62,71,72)/t47?,57-/m1/s1. The van der Waals surface area contributed by atoms with Gasteiger partial charge in [0.25, 0.3) is 5.91 Å². The number of aliphatic hydroxyl groups is 1. The number of aryl methyl sites for hydroxylation is 1. The largest absolute Gasteiger partial charge is 0.508 e. The molecule has 0 bridgehead atoms. The fourth-order valence-corrected chi connectivity index (χ4v) is 12.5. The molecule has 0 radical (unpaired) electrons. The van der Waals surface area contributed by atoms with Crippen molar-refractivity contribution >= 4 is 56.6 Å². The number of likely N-dealkylation sites (tertiary alicyclic amines) is 1. The van der Waals surface area contributed by atoms with Crippen molar-refractivity contribution in [1.82, 2.24) is 30.1 Å². The van der Waals surface area contributed by atoms with Gasteiger partial charge in [-0.3, -0.25) is 24.7 Å². The van der Waals surface area contributed by atoms with E-state index in [9.17, 15) is 24.6 Å². The van der Waals surface area contributed by atoms with Crippen molar-refractivity contribution in [3.8, 4) is 23.0 Å². The average Bonchev–Trinajstić information content (AvgIpc) is 4.10. The number of halogens is 2. The molecule has 1 saturated carbocycles. The molecule has 5 aliphatic heterocycles. The Hall–Kier alpha value is -6.98. The number of carbonyl (C=O) groups is 3. The summed E-state index contributed by atoms with van der Waals surface area (Å²) >= 11 is 0. The van der Waals surface area contributed by atoms with Crippen LogP contribution >= 0.6 is 0 Å². The molecule has 7 heterocycles. The van der Waals surface area contributed by atoms with E-state index in [1.807, 2.05) is 24.0 Å². The van der Waals surface area contributed by atoms with Crippen LogP contribution in [0.1, 0.15) is 98.2 Å². The number of phenols is 1. The molecule has 15 nitrogen and oxygen atoms in total. The number of nitrogens with one attached hydrogen (secondary N) is 1. The molecule has 390 valence electrons. The number of ether oxygens (including phenoxy) is 1. The maximum Gasteiger partial charge on any atom is 0.319 e. The van der Waals surface area contributed by atoms with Gasteiger partial charge in [0.2, 0.25) is 11.8 Å².